The lowest BCUT2D eigenvalue weighted by Gasteiger charge is -2.09. The molecule has 3 rings (SSSR count). The van der Waals surface area contributed by atoms with Crippen LogP contribution in [0, 0.1) is 6.92 Å². The summed E-state index contributed by atoms with van der Waals surface area (Å²) in [6.07, 6.45) is 0. The maximum Gasteiger partial charge on any atom is 0.181 e. The van der Waals surface area contributed by atoms with E-state index in [1.54, 1.807) is 22.6 Å². The topological polar surface area (TPSA) is 120 Å². The summed E-state index contributed by atoms with van der Waals surface area (Å²) in [6, 6.07) is 0. The van der Waals surface area contributed by atoms with Crippen LogP contribution in [0.1, 0.15) is 5.56 Å². The minimum absolute atomic E-state index is 0.0578. The molecule has 6 nitrogen and oxygen atoms in total. The number of rotatable bonds is 0. The van der Waals surface area contributed by atoms with Crippen molar-refractivity contribution < 1.29 is 24.8 Å². The summed E-state index contributed by atoms with van der Waals surface area (Å²) >= 11 is 0. The molecular weight excluding hydrogens is 272 g/mol. The van der Waals surface area contributed by atoms with Crippen LogP contribution in [0.4, 0.5) is 5.69 Å². The van der Waals surface area contributed by atoms with Crippen molar-refractivity contribution in [1.29, 1.82) is 0 Å². The summed E-state index contributed by atoms with van der Waals surface area (Å²) in [5, 5.41) is 40.8. The summed E-state index contributed by atoms with van der Waals surface area (Å²) in [5.74, 6) is -1.06. The highest BCUT2D eigenvalue weighted by Crippen LogP contribution is 2.44. The molecule has 0 atom stereocenters. The largest absolute Gasteiger partial charge is 0.508 e. The lowest BCUT2D eigenvalue weighted by atomic mass is 9.85. The normalized spacial score (nSPS) is 11.5. The van der Waals surface area contributed by atoms with E-state index in [1.165, 1.54) is 0 Å². The summed E-state index contributed by atoms with van der Waals surface area (Å²) in [7, 11) is 3.23. The van der Waals surface area contributed by atoms with E-state index < -0.39 is 5.75 Å². The molecule has 0 unspecified atom stereocenters. The summed E-state index contributed by atoms with van der Waals surface area (Å²) < 4.78 is 5.64. The van der Waals surface area contributed by atoms with Crippen molar-refractivity contribution in [3.8, 4) is 23.0 Å². The number of fused-ring (bicyclic) bond motifs is 3. The number of phenolic OH excluding ortho intramolecular Hbond substituents is 4. The number of hydrogen-bond donors (Lipinski definition) is 5. The van der Waals surface area contributed by atoms with E-state index in [-0.39, 0.29) is 34.1 Å². The average molecular weight is 285 g/mol. The van der Waals surface area contributed by atoms with Crippen LogP contribution in [0.15, 0.2) is 4.42 Å². The molecule has 6 N–H and O–H groups in total. The van der Waals surface area contributed by atoms with Crippen molar-refractivity contribution in [2.45, 2.75) is 6.92 Å². The highest BCUT2D eigenvalue weighted by atomic mass is 16.4. The fourth-order valence-electron chi connectivity index (χ4n) is 2.69. The Balaban J connectivity index is 2.73. The van der Waals surface area contributed by atoms with Crippen LogP contribution >= 0.6 is 0 Å². The minimum atomic E-state index is -0.443. The van der Waals surface area contributed by atoms with Gasteiger partial charge in [-0.25, -0.2) is 0 Å². The van der Waals surface area contributed by atoms with Gasteiger partial charge in [0.2, 0.25) is 0 Å². The van der Waals surface area contributed by atoms with E-state index in [1.807, 2.05) is 0 Å². The summed E-state index contributed by atoms with van der Waals surface area (Å²) in [5.41, 5.74) is 7.33. The minimum Gasteiger partial charge on any atom is -0.508 e. The van der Waals surface area contributed by atoms with Crippen LogP contribution in [0.3, 0.4) is 0 Å². The first-order valence-corrected chi connectivity index (χ1v) is 6.34. The first kappa shape index (κ1) is 13.4. The second kappa shape index (κ2) is 3.94. The standard InChI is InChI=1S/C13H13B2NO5/c1-2-8(17)5(14)3-4-7(16)11(20)10(19)6(15)12(4)21-13(3)9(2)18/h17-20H,14-16H2,1H3. The molecule has 21 heavy (non-hydrogen) atoms. The van der Waals surface area contributed by atoms with Gasteiger partial charge in [-0.3, -0.25) is 0 Å². The molecule has 1 heterocycles. The molecule has 0 aliphatic rings. The molecule has 1 aromatic heterocycles. The predicted molar refractivity (Wildman–Crippen MR) is 85.9 cm³/mol. The van der Waals surface area contributed by atoms with Crippen molar-refractivity contribution in [3.63, 3.8) is 0 Å². The predicted octanol–water partition coefficient (Wildman–Crippen LogP) is -1.18. The molecule has 3 aromatic rings. The number of nitrogens with two attached hydrogens (primary N) is 1. The van der Waals surface area contributed by atoms with Crippen LogP contribution < -0.4 is 16.7 Å². The number of benzene rings is 2. The first-order chi connectivity index (χ1) is 9.77. The van der Waals surface area contributed by atoms with Crippen molar-refractivity contribution in [2.24, 2.45) is 0 Å². The Morgan fingerprint density at radius 2 is 1.43 bits per heavy atom. The van der Waals surface area contributed by atoms with Crippen molar-refractivity contribution in [1.82, 2.24) is 0 Å². The van der Waals surface area contributed by atoms with E-state index >= 15 is 0 Å². The molecule has 106 valence electrons. The second-order valence-corrected chi connectivity index (χ2v) is 5.19. The van der Waals surface area contributed by atoms with Crippen LogP contribution in [-0.2, 0) is 0 Å². The smallest absolute Gasteiger partial charge is 0.181 e. The van der Waals surface area contributed by atoms with E-state index in [0.717, 1.165) is 0 Å². The fourth-order valence-corrected chi connectivity index (χ4v) is 2.69. The lowest BCUT2D eigenvalue weighted by molar-refractivity contribution is 0.409. The maximum atomic E-state index is 10.2. The molecule has 0 bridgehead atoms. The highest BCUT2D eigenvalue weighted by Gasteiger charge is 2.25. The molecular formula is C13H13B2NO5. The molecule has 0 fully saturated rings. The molecule has 0 saturated heterocycles. The zero-order chi connectivity index (χ0) is 15.6. The van der Waals surface area contributed by atoms with Crippen LogP contribution in [0.2, 0.25) is 0 Å². The number of aromatic hydroxyl groups is 4. The van der Waals surface area contributed by atoms with Crippen LogP contribution in [0.25, 0.3) is 21.9 Å². The number of nitrogen functional groups attached to an aromatic ring is 1. The van der Waals surface area contributed by atoms with Gasteiger partial charge in [0.1, 0.15) is 27.0 Å². The van der Waals surface area contributed by atoms with Gasteiger partial charge in [-0.15, -0.1) is 0 Å². The van der Waals surface area contributed by atoms with Crippen molar-refractivity contribution in [3.05, 3.63) is 5.56 Å². The van der Waals surface area contributed by atoms with Crippen molar-refractivity contribution in [2.75, 3.05) is 5.73 Å². The van der Waals surface area contributed by atoms with Gasteiger partial charge in [-0.2, -0.15) is 0 Å². The molecule has 0 radical (unpaired) electrons. The zero-order valence-electron chi connectivity index (χ0n) is 11.8. The van der Waals surface area contributed by atoms with Gasteiger partial charge in [-0.1, -0.05) is 0 Å². The third-order valence-corrected chi connectivity index (χ3v) is 4.01. The van der Waals surface area contributed by atoms with Gasteiger partial charge >= 0.3 is 0 Å². The molecule has 0 spiro atoms. The van der Waals surface area contributed by atoms with E-state index in [9.17, 15) is 20.4 Å². The third-order valence-electron chi connectivity index (χ3n) is 4.01. The number of hydrogen-bond acceptors (Lipinski definition) is 6. The Labute approximate surface area is 121 Å². The molecule has 0 amide bonds. The Bertz CT molecular complexity index is 858. The van der Waals surface area contributed by atoms with Crippen molar-refractivity contribution >= 4 is 54.2 Å². The summed E-state index contributed by atoms with van der Waals surface area (Å²) in [4.78, 5) is 0. The Kier molecular flexibility index (Phi) is 2.51. The van der Waals surface area contributed by atoms with Crippen LogP contribution in [-0.4, -0.2) is 36.1 Å². The number of furan rings is 1. The zero-order valence-corrected chi connectivity index (χ0v) is 11.8. The lowest BCUT2D eigenvalue weighted by Crippen LogP contribution is -2.08. The molecule has 8 heteroatoms. The molecule has 0 saturated carbocycles. The van der Waals surface area contributed by atoms with Gasteiger partial charge < -0.3 is 30.6 Å². The average Bonchev–Trinajstić information content (AvgIpc) is 2.87. The molecule has 0 aliphatic heterocycles. The highest BCUT2D eigenvalue weighted by molar-refractivity contribution is 6.47. The van der Waals surface area contributed by atoms with Gasteiger partial charge in [-0.05, 0) is 17.8 Å². The van der Waals surface area contributed by atoms with Gasteiger partial charge in [0.25, 0.3) is 0 Å². The van der Waals surface area contributed by atoms with E-state index in [2.05, 4.69) is 0 Å². The van der Waals surface area contributed by atoms with Gasteiger partial charge in [0, 0.05) is 10.9 Å². The molecule has 2 aromatic carbocycles. The Hall–Kier alpha value is -2.63. The van der Waals surface area contributed by atoms with Gasteiger partial charge in [0.05, 0.1) is 11.1 Å². The first-order valence-electron chi connectivity index (χ1n) is 6.34. The quantitative estimate of drug-likeness (QED) is 0.201. The number of anilines is 1. The maximum absolute atomic E-state index is 10.2. The van der Waals surface area contributed by atoms with E-state index in [4.69, 9.17) is 10.2 Å². The SMILES string of the molecule is Bc1c(O)c(O)c(N)c2c1oc1c(O)c(C)c(O)c(B)c12. The van der Waals surface area contributed by atoms with Crippen LogP contribution in [0.5, 0.6) is 23.0 Å². The number of phenols is 4. The fraction of sp³-hybridized carbons (Fsp3) is 0.0769. The monoisotopic (exact) mass is 285 g/mol. The Morgan fingerprint density at radius 1 is 0.810 bits per heavy atom. The van der Waals surface area contributed by atoms with Gasteiger partial charge in [0.15, 0.2) is 22.8 Å². The molecule has 0 aliphatic carbocycles. The van der Waals surface area contributed by atoms with E-state index in [0.29, 0.717) is 27.3 Å². The summed E-state index contributed by atoms with van der Waals surface area (Å²) in [6.45, 7) is 1.56. The third kappa shape index (κ3) is 1.44. The Morgan fingerprint density at radius 3 is 2.05 bits per heavy atom. The second-order valence-electron chi connectivity index (χ2n) is 5.19.